The third kappa shape index (κ3) is 3.11. The van der Waals surface area contributed by atoms with Gasteiger partial charge in [-0.2, -0.15) is 0 Å². The molecule has 0 amide bonds. The summed E-state index contributed by atoms with van der Waals surface area (Å²) in [6.45, 7) is 0. The van der Waals surface area contributed by atoms with Crippen LogP contribution in [0.5, 0.6) is 0 Å². The van der Waals surface area contributed by atoms with Gasteiger partial charge < -0.3 is 14.2 Å². The Hall–Kier alpha value is -2.63. The molecule has 150 valence electrons. The number of benzene rings is 1. The predicted octanol–water partition coefficient (Wildman–Crippen LogP) is 3.17. The lowest BCUT2D eigenvalue weighted by atomic mass is 9.58. The average Bonchev–Trinajstić information content (AvgIpc) is 2.76. The standard InChI is InChI=1S/C22H26O6/c1-26-19(23)16-12-11-15-10-7-13-22(20(24)27-2,21(25)28-3)18(15)17(16)14-8-5-4-6-9-14/h4-6,8-9,16-17H,7,10-13H2,1-3H3/t16-,17-/m0/s1. The summed E-state index contributed by atoms with van der Waals surface area (Å²) in [5.74, 6) is -2.50. The Morgan fingerprint density at radius 1 is 0.929 bits per heavy atom. The van der Waals surface area contributed by atoms with E-state index in [1.165, 1.54) is 21.3 Å². The molecule has 1 aromatic rings. The first-order valence-corrected chi connectivity index (χ1v) is 9.53. The van der Waals surface area contributed by atoms with E-state index in [2.05, 4.69) is 0 Å². The van der Waals surface area contributed by atoms with E-state index in [9.17, 15) is 14.4 Å². The lowest BCUT2D eigenvalue weighted by Gasteiger charge is -2.44. The van der Waals surface area contributed by atoms with Crippen molar-refractivity contribution in [1.29, 1.82) is 0 Å². The van der Waals surface area contributed by atoms with Crippen LogP contribution in [0.4, 0.5) is 0 Å². The van der Waals surface area contributed by atoms with Gasteiger partial charge in [-0.15, -0.1) is 0 Å². The molecular weight excluding hydrogens is 360 g/mol. The number of allylic oxidation sites excluding steroid dienone is 1. The van der Waals surface area contributed by atoms with E-state index >= 15 is 0 Å². The lowest BCUT2D eigenvalue weighted by molar-refractivity contribution is -0.168. The molecule has 6 nitrogen and oxygen atoms in total. The van der Waals surface area contributed by atoms with Crippen molar-refractivity contribution in [3.05, 3.63) is 47.0 Å². The summed E-state index contributed by atoms with van der Waals surface area (Å²) < 4.78 is 15.2. The molecule has 2 aliphatic rings. The smallest absolute Gasteiger partial charge is 0.327 e. The highest BCUT2D eigenvalue weighted by Gasteiger charge is 2.58. The summed E-state index contributed by atoms with van der Waals surface area (Å²) in [6.07, 6.45) is 3.05. The van der Waals surface area contributed by atoms with E-state index in [1.54, 1.807) is 0 Å². The second kappa shape index (κ2) is 8.17. The van der Waals surface area contributed by atoms with E-state index < -0.39 is 29.2 Å². The summed E-state index contributed by atoms with van der Waals surface area (Å²) >= 11 is 0. The van der Waals surface area contributed by atoms with E-state index in [-0.39, 0.29) is 5.97 Å². The van der Waals surface area contributed by atoms with Crippen molar-refractivity contribution in [3.63, 3.8) is 0 Å². The minimum atomic E-state index is -1.52. The van der Waals surface area contributed by atoms with Crippen LogP contribution in [0.2, 0.25) is 0 Å². The molecule has 0 radical (unpaired) electrons. The summed E-state index contributed by atoms with van der Waals surface area (Å²) in [6, 6.07) is 9.51. The second-order valence-corrected chi connectivity index (χ2v) is 7.32. The minimum absolute atomic E-state index is 0.308. The zero-order valence-corrected chi connectivity index (χ0v) is 16.5. The molecule has 0 unspecified atom stereocenters. The van der Waals surface area contributed by atoms with Gasteiger partial charge in [0.15, 0.2) is 5.41 Å². The maximum Gasteiger partial charge on any atom is 0.327 e. The minimum Gasteiger partial charge on any atom is -0.469 e. The van der Waals surface area contributed by atoms with E-state index in [0.717, 1.165) is 17.6 Å². The van der Waals surface area contributed by atoms with Crippen LogP contribution in [0, 0.1) is 11.3 Å². The fraction of sp³-hybridized carbons (Fsp3) is 0.500. The predicted molar refractivity (Wildman–Crippen MR) is 101 cm³/mol. The molecular formula is C22H26O6. The number of esters is 3. The summed E-state index contributed by atoms with van der Waals surface area (Å²) in [5.41, 5.74) is 1.08. The molecule has 0 heterocycles. The molecule has 0 spiro atoms. The molecule has 0 aliphatic heterocycles. The third-order valence-corrected chi connectivity index (χ3v) is 6.07. The zero-order valence-electron chi connectivity index (χ0n) is 16.5. The quantitative estimate of drug-likeness (QED) is 0.342. The summed E-state index contributed by atoms with van der Waals surface area (Å²) in [4.78, 5) is 38.6. The fourth-order valence-corrected chi connectivity index (χ4v) is 4.90. The van der Waals surface area contributed by atoms with Gasteiger partial charge in [0.25, 0.3) is 0 Å². The van der Waals surface area contributed by atoms with Crippen molar-refractivity contribution in [1.82, 2.24) is 0 Å². The molecule has 0 aromatic heterocycles. The number of carbonyl (C=O) groups excluding carboxylic acids is 3. The first kappa shape index (κ1) is 20.1. The van der Waals surface area contributed by atoms with Crippen molar-refractivity contribution < 1.29 is 28.6 Å². The topological polar surface area (TPSA) is 78.9 Å². The van der Waals surface area contributed by atoms with Crippen molar-refractivity contribution >= 4 is 17.9 Å². The molecule has 0 saturated heterocycles. The number of ether oxygens (including phenoxy) is 3. The van der Waals surface area contributed by atoms with Crippen molar-refractivity contribution in [3.8, 4) is 0 Å². The van der Waals surface area contributed by atoms with Gasteiger partial charge in [-0.25, -0.2) is 0 Å². The third-order valence-electron chi connectivity index (χ3n) is 6.07. The Morgan fingerprint density at radius 2 is 1.57 bits per heavy atom. The van der Waals surface area contributed by atoms with Crippen molar-refractivity contribution in [2.45, 2.75) is 38.0 Å². The molecule has 0 saturated carbocycles. The molecule has 0 bridgehead atoms. The Morgan fingerprint density at radius 3 is 2.14 bits per heavy atom. The van der Waals surface area contributed by atoms with Gasteiger partial charge in [0.05, 0.1) is 27.2 Å². The fourth-order valence-electron chi connectivity index (χ4n) is 4.90. The largest absolute Gasteiger partial charge is 0.469 e. The first-order valence-electron chi connectivity index (χ1n) is 9.53. The second-order valence-electron chi connectivity index (χ2n) is 7.32. The number of rotatable bonds is 4. The molecule has 2 atom stereocenters. The highest BCUT2D eigenvalue weighted by Crippen LogP contribution is 2.55. The Bertz CT molecular complexity index is 779. The van der Waals surface area contributed by atoms with Crippen LogP contribution in [-0.2, 0) is 28.6 Å². The van der Waals surface area contributed by atoms with E-state index in [1.807, 2.05) is 30.3 Å². The number of carbonyl (C=O) groups is 3. The molecule has 6 heteroatoms. The van der Waals surface area contributed by atoms with Gasteiger partial charge in [-0.3, -0.25) is 14.4 Å². The molecule has 28 heavy (non-hydrogen) atoms. The average molecular weight is 386 g/mol. The van der Waals surface area contributed by atoms with Crippen LogP contribution in [0.15, 0.2) is 41.5 Å². The van der Waals surface area contributed by atoms with Gasteiger partial charge in [0.1, 0.15) is 0 Å². The zero-order chi connectivity index (χ0) is 20.3. The maximum atomic E-state index is 13.0. The monoisotopic (exact) mass is 386 g/mol. The first-order chi connectivity index (χ1) is 13.5. The van der Waals surface area contributed by atoms with Crippen LogP contribution in [0.1, 0.15) is 43.6 Å². The van der Waals surface area contributed by atoms with Crippen molar-refractivity contribution in [2.24, 2.45) is 11.3 Å². The molecule has 2 aliphatic carbocycles. The lowest BCUT2D eigenvalue weighted by Crippen LogP contribution is -2.49. The maximum absolute atomic E-state index is 13.0. The molecule has 1 aromatic carbocycles. The Kier molecular flexibility index (Phi) is 5.87. The number of hydrogen-bond donors (Lipinski definition) is 0. The van der Waals surface area contributed by atoms with E-state index in [0.29, 0.717) is 31.3 Å². The SMILES string of the molecule is COC(=O)[C@H]1CCC2=C([C@H]1c1ccccc1)C(C(=O)OC)(C(=O)OC)CCC2. The van der Waals surface area contributed by atoms with Crippen LogP contribution >= 0.6 is 0 Å². The van der Waals surface area contributed by atoms with Crippen LogP contribution in [0.25, 0.3) is 0 Å². The normalized spacial score (nSPS) is 23.4. The van der Waals surface area contributed by atoms with Crippen molar-refractivity contribution in [2.75, 3.05) is 21.3 Å². The Labute approximate surface area is 164 Å². The van der Waals surface area contributed by atoms with Gasteiger partial charge in [0.2, 0.25) is 0 Å². The highest BCUT2D eigenvalue weighted by atomic mass is 16.5. The van der Waals surface area contributed by atoms with Gasteiger partial charge in [-0.05, 0) is 43.2 Å². The van der Waals surface area contributed by atoms with Gasteiger partial charge in [-0.1, -0.05) is 35.9 Å². The number of hydrogen-bond acceptors (Lipinski definition) is 6. The molecule has 3 rings (SSSR count). The summed E-state index contributed by atoms with van der Waals surface area (Å²) in [5, 5.41) is 0. The number of methoxy groups -OCH3 is 3. The summed E-state index contributed by atoms with van der Waals surface area (Å²) in [7, 11) is 3.92. The van der Waals surface area contributed by atoms with Crippen LogP contribution < -0.4 is 0 Å². The van der Waals surface area contributed by atoms with Gasteiger partial charge in [0, 0.05) is 5.92 Å². The molecule has 0 N–H and O–H groups in total. The van der Waals surface area contributed by atoms with Crippen LogP contribution in [0.3, 0.4) is 0 Å². The van der Waals surface area contributed by atoms with E-state index in [4.69, 9.17) is 14.2 Å². The van der Waals surface area contributed by atoms with Gasteiger partial charge >= 0.3 is 17.9 Å². The highest BCUT2D eigenvalue weighted by molar-refractivity contribution is 6.04. The van der Waals surface area contributed by atoms with Crippen LogP contribution in [-0.4, -0.2) is 39.2 Å². The Balaban J connectivity index is 2.27. The molecule has 0 fully saturated rings.